The summed E-state index contributed by atoms with van der Waals surface area (Å²) >= 11 is 2.33. The minimum Gasteiger partial charge on any atom is -0.456 e. The lowest BCUT2D eigenvalue weighted by atomic mass is 9.90. The maximum Gasteiger partial charge on any atom is 0.337 e. The summed E-state index contributed by atoms with van der Waals surface area (Å²) in [6, 6.07) is 19.2. The van der Waals surface area contributed by atoms with Crippen LogP contribution in [0.2, 0.25) is 0 Å². The van der Waals surface area contributed by atoms with Gasteiger partial charge in [-0.05, 0) is 48.1 Å². The van der Waals surface area contributed by atoms with Crippen molar-refractivity contribution in [2.45, 2.75) is 46.5 Å². The second kappa shape index (κ2) is 8.28. The second-order valence-corrected chi connectivity index (χ2v) is 10.4. The van der Waals surface area contributed by atoms with Crippen molar-refractivity contribution in [2.24, 2.45) is 7.05 Å². The third kappa shape index (κ3) is 3.48. The van der Waals surface area contributed by atoms with Gasteiger partial charge in [0.05, 0.1) is 17.7 Å². The van der Waals surface area contributed by atoms with Crippen LogP contribution in [0.25, 0.3) is 39.0 Å². The Balaban J connectivity index is 1.97. The average molecular weight is 550 g/mol. The molecule has 33 heavy (non-hydrogen) atoms. The van der Waals surface area contributed by atoms with Gasteiger partial charge in [0.15, 0.2) is 5.69 Å². The molecule has 4 nitrogen and oxygen atoms in total. The first-order valence-corrected chi connectivity index (χ1v) is 12.6. The monoisotopic (exact) mass is 550 g/mol. The predicted molar refractivity (Wildman–Crippen MR) is 143 cm³/mol. The first-order chi connectivity index (χ1) is 15.8. The fourth-order valence-electron chi connectivity index (χ4n) is 4.81. The molecule has 3 aromatic carbocycles. The normalized spacial score (nSPS) is 12.0. The number of halogens is 1. The maximum atomic E-state index is 6.50. The van der Waals surface area contributed by atoms with E-state index in [1.807, 2.05) is 6.07 Å². The van der Waals surface area contributed by atoms with E-state index >= 15 is 0 Å². The summed E-state index contributed by atoms with van der Waals surface area (Å²) in [6.45, 7) is 11.2. The van der Waals surface area contributed by atoms with Gasteiger partial charge in [0.25, 0.3) is 5.82 Å². The molecule has 0 fully saturated rings. The molecule has 0 spiro atoms. The lowest BCUT2D eigenvalue weighted by Crippen LogP contribution is -2.33. The zero-order valence-corrected chi connectivity index (χ0v) is 22.1. The van der Waals surface area contributed by atoms with Crippen molar-refractivity contribution in [2.75, 3.05) is 0 Å². The zero-order chi connectivity index (χ0) is 23.4. The van der Waals surface area contributed by atoms with Crippen molar-refractivity contribution < 1.29 is 8.98 Å². The van der Waals surface area contributed by atoms with Crippen LogP contribution in [0.1, 0.15) is 56.2 Å². The molecule has 0 saturated carbocycles. The fraction of sp³-hybridized carbons (Fsp3) is 0.286. The van der Waals surface area contributed by atoms with E-state index in [0.29, 0.717) is 5.92 Å². The number of benzene rings is 3. The smallest absolute Gasteiger partial charge is 0.337 e. The number of aromatic nitrogens is 3. The Morgan fingerprint density at radius 1 is 0.939 bits per heavy atom. The molecule has 0 saturated heterocycles. The third-order valence-corrected chi connectivity index (χ3v) is 7.42. The lowest BCUT2D eigenvalue weighted by molar-refractivity contribution is -0.673. The highest BCUT2D eigenvalue weighted by molar-refractivity contribution is 14.1. The van der Waals surface area contributed by atoms with Crippen LogP contribution in [0, 0.1) is 10.8 Å². The Kier molecular flexibility index (Phi) is 5.55. The summed E-state index contributed by atoms with van der Waals surface area (Å²) < 4.78 is 11.8. The first-order valence-electron chi connectivity index (χ1n) is 11.5. The van der Waals surface area contributed by atoms with Gasteiger partial charge in [0.1, 0.15) is 11.2 Å². The molecule has 0 amide bonds. The van der Waals surface area contributed by atoms with Crippen LogP contribution < -0.4 is 4.57 Å². The number of aryl methyl sites for hydroxylation is 1. The van der Waals surface area contributed by atoms with Crippen LogP contribution in [0.3, 0.4) is 0 Å². The molecular weight excluding hydrogens is 521 g/mol. The van der Waals surface area contributed by atoms with E-state index < -0.39 is 0 Å². The van der Waals surface area contributed by atoms with Gasteiger partial charge in [-0.2, -0.15) is 0 Å². The highest BCUT2D eigenvalue weighted by Crippen LogP contribution is 2.42. The summed E-state index contributed by atoms with van der Waals surface area (Å²) in [6.07, 6.45) is 0. The second-order valence-electron chi connectivity index (χ2n) is 9.39. The topological polar surface area (TPSA) is 34.8 Å². The van der Waals surface area contributed by atoms with Gasteiger partial charge in [-0.15, -0.1) is 0 Å². The van der Waals surface area contributed by atoms with Crippen molar-refractivity contribution >= 4 is 44.5 Å². The Morgan fingerprint density at radius 2 is 1.64 bits per heavy atom. The molecule has 0 atom stereocenters. The predicted octanol–water partition coefficient (Wildman–Crippen LogP) is 7.42. The van der Waals surface area contributed by atoms with Gasteiger partial charge in [-0.3, -0.25) is 0 Å². The van der Waals surface area contributed by atoms with Gasteiger partial charge in [-0.25, -0.2) is 4.57 Å². The van der Waals surface area contributed by atoms with Crippen molar-refractivity contribution in [3.8, 4) is 17.1 Å². The fourth-order valence-corrected chi connectivity index (χ4v) is 5.25. The number of hydrogen-bond acceptors (Lipinski definition) is 2. The number of nitrogens with zero attached hydrogens (tertiary/aromatic N) is 3. The number of para-hydroxylation sites is 1. The standard InChI is InChI=1S/C28H29IN3O/c1-16(2)21-15-22-20-13-9-10-14-23(20)33-26(22)24(17(3)4)25(21)32-27(31(6)28(29)30-32)19-12-8-7-11-18(19)5/h7-17H,1-6H3/q+1. The molecule has 5 rings (SSSR count). The molecule has 0 unspecified atom stereocenters. The van der Waals surface area contributed by atoms with Gasteiger partial charge >= 0.3 is 3.83 Å². The van der Waals surface area contributed by atoms with Crippen LogP contribution in [-0.2, 0) is 7.05 Å². The highest BCUT2D eigenvalue weighted by Gasteiger charge is 2.33. The number of rotatable bonds is 4. The zero-order valence-electron chi connectivity index (χ0n) is 20.0. The Labute approximate surface area is 208 Å². The minimum absolute atomic E-state index is 0.263. The molecule has 0 aliphatic heterocycles. The first kappa shape index (κ1) is 22.1. The number of fused-ring (bicyclic) bond motifs is 3. The average Bonchev–Trinajstić information content (AvgIpc) is 3.29. The molecule has 0 N–H and O–H groups in total. The van der Waals surface area contributed by atoms with E-state index in [4.69, 9.17) is 9.52 Å². The molecule has 5 aromatic rings. The Morgan fingerprint density at radius 3 is 2.33 bits per heavy atom. The summed E-state index contributed by atoms with van der Waals surface area (Å²) in [5.41, 5.74) is 7.95. The van der Waals surface area contributed by atoms with Crippen LogP contribution >= 0.6 is 22.6 Å². The summed E-state index contributed by atoms with van der Waals surface area (Å²) in [5, 5.41) is 7.42. The van der Waals surface area contributed by atoms with Crippen LogP contribution in [0.5, 0.6) is 0 Å². The van der Waals surface area contributed by atoms with Crippen LogP contribution in [0.15, 0.2) is 59.0 Å². The largest absolute Gasteiger partial charge is 0.456 e. The highest BCUT2D eigenvalue weighted by atomic mass is 127. The van der Waals surface area contributed by atoms with Gasteiger partial charge in [0, 0.05) is 38.9 Å². The van der Waals surface area contributed by atoms with Crippen molar-refractivity contribution in [3.63, 3.8) is 0 Å². The minimum atomic E-state index is 0.263. The Hall–Kier alpha value is -2.67. The number of furan rings is 1. The maximum absolute atomic E-state index is 6.50. The summed E-state index contributed by atoms with van der Waals surface area (Å²) in [5.74, 6) is 1.67. The van der Waals surface area contributed by atoms with E-state index in [-0.39, 0.29) is 5.92 Å². The molecule has 0 bridgehead atoms. The molecular formula is C28H29IN3O+. The number of hydrogen-bond donors (Lipinski definition) is 0. The van der Waals surface area contributed by atoms with Crippen LogP contribution in [-0.4, -0.2) is 9.78 Å². The third-order valence-electron chi connectivity index (χ3n) is 6.48. The van der Waals surface area contributed by atoms with Gasteiger partial charge in [0.2, 0.25) is 0 Å². The van der Waals surface area contributed by atoms with E-state index in [2.05, 4.69) is 122 Å². The van der Waals surface area contributed by atoms with Crippen LogP contribution in [0.4, 0.5) is 0 Å². The van der Waals surface area contributed by atoms with E-state index in [1.54, 1.807) is 0 Å². The van der Waals surface area contributed by atoms with E-state index in [0.717, 1.165) is 26.5 Å². The molecule has 0 aliphatic carbocycles. The van der Waals surface area contributed by atoms with E-state index in [9.17, 15) is 0 Å². The van der Waals surface area contributed by atoms with Gasteiger partial charge in [-0.1, -0.05) is 68.8 Å². The van der Waals surface area contributed by atoms with E-state index in [1.165, 1.54) is 33.0 Å². The summed E-state index contributed by atoms with van der Waals surface area (Å²) in [7, 11) is 2.09. The molecule has 168 valence electrons. The molecule has 0 aliphatic rings. The van der Waals surface area contributed by atoms with Gasteiger partial charge < -0.3 is 4.42 Å². The molecule has 0 radical (unpaired) electrons. The lowest BCUT2D eigenvalue weighted by Gasteiger charge is -2.18. The Bertz CT molecular complexity index is 1510. The quantitative estimate of drug-likeness (QED) is 0.172. The van der Waals surface area contributed by atoms with Crippen molar-refractivity contribution in [1.29, 1.82) is 0 Å². The SMILES string of the molecule is Cc1ccccc1-c1n(-c2c(C(C)C)cc3c(oc4ccccc43)c2C(C)C)nc(I)[n+]1C. The van der Waals surface area contributed by atoms with Crippen molar-refractivity contribution in [3.05, 3.63) is 75.1 Å². The van der Waals surface area contributed by atoms with Crippen molar-refractivity contribution in [1.82, 2.24) is 9.78 Å². The molecule has 2 aromatic heterocycles. The summed E-state index contributed by atoms with van der Waals surface area (Å²) in [4.78, 5) is 0. The molecule has 5 heteroatoms. The molecule has 2 heterocycles.